The standard InChI is InChI=1S/C12H23NO3/c1-9(12(15-2)16-3)13-11(14)8-10-6-4-5-7-10/h9-10,12H,4-8H2,1-3H3,(H,13,14). The summed E-state index contributed by atoms with van der Waals surface area (Å²) in [6, 6.07) is -0.107. The predicted octanol–water partition coefficient (Wildman–Crippen LogP) is 1.69. The molecule has 0 spiro atoms. The van der Waals surface area contributed by atoms with Gasteiger partial charge in [-0.05, 0) is 25.7 Å². The van der Waals surface area contributed by atoms with Crippen molar-refractivity contribution in [2.75, 3.05) is 14.2 Å². The maximum atomic E-state index is 11.7. The number of methoxy groups -OCH3 is 2. The maximum absolute atomic E-state index is 11.7. The molecular formula is C12H23NO3. The van der Waals surface area contributed by atoms with Crippen LogP contribution in [0.1, 0.15) is 39.0 Å². The van der Waals surface area contributed by atoms with Gasteiger partial charge < -0.3 is 14.8 Å². The molecule has 1 amide bonds. The van der Waals surface area contributed by atoms with E-state index in [0.717, 1.165) is 0 Å². The Bertz CT molecular complexity index is 210. The Hall–Kier alpha value is -0.610. The van der Waals surface area contributed by atoms with Gasteiger partial charge in [0.15, 0.2) is 6.29 Å². The molecule has 1 fully saturated rings. The lowest BCUT2D eigenvalue weighted by Crippen LogP contribution is -2.43. The molecule has 0 bridgehead atoms. The van der Waals surface area contributed by atoms with Crippen molar-refractivity contribution in [1.82, 2.24) is 5.32 Å². The van der Waals surface area contributed by atoms with Gasteiger partial charge in [0.25, 0.3) is 0 Å². The van der Waals surface area contributed by atoms with Crippen LogP contribution in [0.2, 0.25) is 0 Å². The molecule has 0 aromatic rings. The molecule has 1 N–H and O–H groups in total. The molecule has 0 heterocycles. The SMILES string of the molecule is COC(OC)C(C)NC(=O)CC1CCCC1. The number of rotatable bonds is 6. The van der Waals surface area contributed by atoms with E-state index in [1.54, 1.807) is 14.2 Å². The molecular weight excluding hydrogens is 206 g/mol. The second kappa shape index (κ2) is 6.86. The molecule has 4 nitrogen and oxygen atoms in total. The van der Waals surface area contributed by atoms with E-state index in [1.807, 2.05) is 6.92 Å². The summed E-state index contributed by atoms with van der Waals surface area (Å²) >= 11 is 0. The highest BCUT2D eigenvalue weighted by atomic mass is 16.7. The van der Waals surface area contributed by atoms with Crippen molar-refractivity contribution >= 4 is 5.91 Å². The van der Waals surface area contributed by atoms with Gasteiger partial charge in [0.1, 0.15) is 0 Å². The van der Waals surface area contributed by atoms with Crippen LogP contribution in [0.3, 0.4) is 0 Å². The second-order valence-electron chi connectivity index (χ2n) is 4.55. The lowest BCUT2D eigenvalue weighted by Gasteiger charge is -2.22. The molecule has 0 radical (unpaired) electrons. The Morgan fingerprint density at radius 1 is 1.31 bits per heavy atom. The third kappa shape index (κ3) is 4.10. The fraction of sp³-hybridized carbons (Fsp3) is 0.917. The molecule has 0 aromatic heterocycles. The van der Waals surface area contributed by atoms with Crippen LogP contribution in [-0.2, 0) is 14.3 Å². The third-order valence-corrected chi connectivity index (χ3v) is 3.21. The topological polar surface area (TPSA) is 47.6 Å². The quantitative estimate of drug-likeness (QED) is 0.705. The minimum Gasteiger partial charge on any atom is -0.354 e. The molecule has 0 saturated heterocycles. The normalized spacial score (nSPS) is 19.0. The summed E-state index contributed by atoms with van der Waals surface area (Å²) in [7, 11) is 3.15. The first-order valence-electron chi connectivity index (χ1n) is 6.02. The zero-order chi connectivity index (χ0) is 12.0. The highest BCUT2D eigenvalue weighted by Gasteiger charge is 2.22. The van der Waals surface area contributed by atoms with Gasteiger partial charge >= 0.3 is 0 Å². The number of ether oxygens (including phenoxy) is 2. The van der Waals surface area contributed by atoms with Crippen molar-refractivity contribution in [2.24, 2.45) is 5.92 Å². The zero-order valence-corrected chi connectivity index (χ0v) is 10.5. The molecule has 4 heteroatoms. The smallest absolute Gasteiger partial charge is 0.220 e. The third-order valence-electron chi connectivity index (χ3n) is 3.21. The van der Waals surface area contributed by atoms with Crippen LogP contribution in [-0.4, -0.2) is 32.5 Å². The summed E-state index contributed by atoms with van der Waals surface area (Å²) in [4.78, 5) is 11.7. The van der Waals surface area contributed by atoms with Crippen molar-refractivity contribution in [3.8, 4) is 0 Å². The van der Waals surface area contributed by atoms with Crippen LogP contribution >= 0.6 is 0 Å². The molecule has 1 rings (SSSR count). The van der Waals surface area contributed by atoms with Crippen molar-refractivity contribution in [1.29, 1.82) is 0 Å². The first-order chi connectivity index (χ1) is 7.67. The minimum absolute atomic E-state index is 0.107. The van der Waals surface area contributed by atoms with E-state index >= 15 is 0 Å². The molecule has 94 valence electrons. The van der Waals surface area contributed by atoms with Crippen LogP contribution in [0.5, 0.6) is 0 Å². The molecule has 1 aliphatic rings. The summed E-state index contributed by atoms with van der Waals surface area (Å²) in [5, 5.41) is 2.92. The van der Waals surface area contributed by atoms with Crippen molar-refractivity contribution in [2.45, 2.75) is 51.4 Å². The lowest BCUT2D eigenvalue weighted by molar-refractivity contribution is -0.136. The molecule has 16 heavy (non-hydrogen) atoms. The number of nitrogens with one attached hydrogen (secondary N) is 1. The monoisotopic (exact) mass is 229 g/mol. The molecule has 1 saturated carbocycles. The van der Waals surface area contributed by atoms with Gasteiger partial charge in [-0.2, -0.15) is 0 Å². The Morgan fingerprint density at radius 2 is 1.88 bits per heavy atom. The zero-order valence-electron chi connectivity index (χ0n) is 10.5. The summed E-state index contributed by atoms with van der Waals surface area (Å²) in [5.74, 6) is 0.689. The first-order valence-corrected chi connectivity index (χ1v) is 6.02. The summed E-state index contributed by atoms with van der Waals surface area (Å²) in [5.41, 5.74) is 0. The maximum Gasteiger partial charge on any atom is 0.220 e. The van der Waals surface area contributed by atoms with E-state index in [9.17, 15) is 4.79 Å². The van der Waals surface area contributed by atoms with Gasteiger partial charge in [-0.1, -0.05) is 12.8 Å². The summed E-state index contributed by atoms with van der Waals surface area (Å²) < 4.78 is 10.2. The van der Waals surface area contributed by atoms with Crippen LogP contribution < -0.4 is 5.32 Å². The van der Waals surface area contributed by atoms with Gasteiger partial charge in [0.05, 0.1) is 6.04 Å². The molecule has 0 aromatic carbocycles. The van der Waals surface area contributed by atoms with E-state index in [2.05, 4.69) is 5.32 Å². The van der Waals surface area contributed by atoms with E-state index in [4.69, 9.17) is 9.47 Å². The Balaban J connectivity index is 2.26. The van der Waals surface area contributed by atoms with Crippen molar-refractivity contribution in [3.63, 3.8) is 0 Å². The van der Waals surface area contributed by atoms with Crippen LogP contribution in [0, 0.1) is 5.92 Å². The van der Waals surface area contributed by atoms with Gasteiger partial charge in [-0.25, -0.2) is 0 Å². The van der Waals surface area contributed by atoms with Crippen LogP contribution in [0.4, 0.5) is 0 Å². The summed E-state index contributed by atoms with van der Waals surface area (Å²) in [6.07, 6.45) is 5.20. The van der Waals surface area contributed by atoms with Gasteiger partial charge in [0, 0.05) is 20.6 Å². The van der Waals surface area contributed by atoms with Crippen molar-refractivity contribution < 1.29 is 14.3 Å². The molecule has 1 unspecified atom stereocenters. The highest BCUT2D eigenvalue weighted by Crippen LogP contribution is 2.27. The average Bonchev–Trinajstić information content (AvgIpc) is 2.71. The lowest BCUT2D eigenvalue weighted by atomic mass is 10.0. The molecule has 1 atom stereocenters. The second-order valence-corrected chi connectivity index (χ2v) is 4.55. The first kappa shape index (κ1) is 13.5. The number of hydrogen-bond donors (Lipinski definition) is 1. The van der Waals surface area contributed by atoms with Crippen molar-refractivity contribution in [3.05, 3.63) is 0 Å². The van der Waals surface area contributed by atoms with Gasteiger partial charge in [-0.3, -0.25) is 4.79 Å². The number of amides is 1. The number of carbonyl (C=O) groups is 1. The fourth-order valence-electron chi connectivity index (χ4n) is 2.36. The molecule has 1 aliphatic carbocycles. The molecule has 0 aliphatic heterocycles. The largest absolute Gasteiger partial charge is 0.354 e. The van der Waals surface area contributed by atoms with Crippen LogP contribution in [0.25, 0.3) is 0 Å². The minimum atomic E-state index is -0.368. The average molecular weight is 229 g/mol. The van der Waals surface area contributed by atoms with E-state index < -0.39 is 0 Å². The van der Waals surface area contributed by atoms with Gasteiger partial charge in [0.2, 0.25) is 5.91 Å². The fourth-order valence-corrected chi connectivity index (χ4v) is 2.36. The Labute approximate surface area is 97.7 Å². The Morgan fingerprint density at radius 3 is 2.38 bits per heavy atom. The van der Waals surface area contributed by atoms with Crippen LogP contribution in [0.15, 0.2) is 0 Å². The summed E-state index contributed by atoms with van der Waals surface area (Å²) in [6.45, 7) is 1.89. The van der Waals surface area contributed by atoms with E-state index in [-0.39, 0.29) is 18.2 Å². The van der Waals surface area contributed by atoms with Gasteiger partial charge in [-0.15, -0.1) is 0 Å². The highest BCUT2D eigenvalue weighted by molar-refractivity contribution is 5.76. The van der Waals surface area contributed by atoms with E-state index in [0.29, 0.717) is 12.3 Å². The predicted molar refractivity (Wildman–Crippen MR) is 62.0 cm³/mol. The van der Waals surface area contributed by atoms with E-state index in [1.165, 1.54) is 25.7 Å². The Kier molecular flexibility index (Phi) is 5.77. The number of carbonyl (C=O) groups excluding carboxylic acids is 1. The number of hydrogen-bond acceptors (Lipinski definition) is 3.